The van der Waals surface area contributed by atoms with Gasteiger partial charge < -0.3 is 0 Å². The molecule has 0 spiro atoms. The zero-order valence-corrected chi connectivity index (χ0v) is 15.4. The second-order valence-electron chi connectivity index (χ2n) is 5.40. The number of aryl methyl sites for hydroxylation is 1. The van der Waals surface area contributed by atoms with Gasteiger partial charge in [-0.15, -0.1) is 0 Å². The lowest BCUT2D eigenvalue weighted by Gasteiger charge is -2.15. The highest BCUT2D eigenvalue weighted by Gasteiger charge is 2.07. The molecule has 0 bridgehead atoms. The van der Waals surface area contributed by atoms with Crippen molar-refractivity contribution in [1.82, 2.24) is 0 Å². The normalized spacial score (nSPS) is 9.19. The Morgan fingerprint density at radius 3 is 0.810 bits per heavy atom. The fourth-order valence-electron chi connectivity index (χ4n) is 2.22. The Labute approximate surface area is 132 Å². The summed E-state index contributed by atoms with van der Waals surface area (Å²) in [6.07, 6.45) is 0. The van der Waals surface area contributed by atoms with Crippen LogP contribution in [-0.2, 0) is 0 Å². The lowest BCUT2D eigenvalue weighted by molar-refractivity contribution is 1.13. The third-order valence-electron chi connectivity index (χ3n) is 4.32. The summed E-state index contributed by atoms with van der Waals surface area (Å²) >= 11 is 0. The first-order valence-corrected chi connectivity index (χ1v) is 7.91. The van der Waals surface area contributed by atoms with Gasteiger partial charge in [0.1, 0.15) is 0 Å². The fraction of sp³-hybridized carbons (Fsp3) is 0.429. The van der Waals surface area contributed by atoms with Crippen LogP contribution in [0.3, 0.4) is 0 Å². The summed E-state index contributed by atoms with van der Waals surface area (Å²) in [5.41, 5.74) is 10.0. The number of hydrogen-bond acceptors (Lipinski definition) is 0. The summed E-state index contributed by atoms with van der Waals surface area (Å²) in [6, 6.07) is 10.3. The first kappa shape index (κ1) is 19.4. The molecule has 116 valence electrons. The van der Waals surface area contributed by atoms with Crippen molar-refractivity contribution in [2.45, 2.75) is 62.3 Å². The molecule has 2 aromatic rings. The number of rotatable bonds is 0. The quantitative estimate of drug-likeness (QED) is 0.514. The third-order valence-corrected chi connectivity index (χ3v) is 4.32. The Bertz CT molecular complexity index is 443. The molecule has 0 aliphatic heterocycles. The highest BCUT2D eigenvalue weighted by Crippen LogP contribution is 2.24. The van der Waals surface area contributed by atoms with Crippen LogP contribution in [0.4, 0.5) is 0 Å². The van der Waals surface area contributed by atoms with E-state index in [9.17, 15) is 0 Å². The molecule has 0 fully saturated rings. The van der Waals surface area contributed by atoms with Crippen molar-refractivity contribution in [3.63, 3.8) is 0 Å². The standard InChI is InChI=1S/C12H18.C7H8.C2H6/c1-7-8(2)10(4)12(6)11(5)9(7)3;1-7-5-3-2-4-6-7;1-2/h1-6H3;2-6H,1H3;1-2H3. The second-order valence-corrected chi connectivity index (χ2v) is 5.40. The van der Waals surface area contributed by atoms with E-state index in [2.05, 4.69) is 60.6 Å². The highest BCUT2D eigenvalue weighted by molar-refractivity contribution is 5.48. The summed E-state index contributed by atoms with van der Waals surface area (Å²) in [4.78, 5) is 0. The van der Waals surface area contributed by atoms with Crippen molar-refractivity contribution in [3.05, 3.63) is 69.3 Å². The van der Waals surface area contributed by atoms with Gasteiger partial charge in [0.15, 0.2) is 0 Å². The molecule has 0 nitrogen and oxygen atoms in total. The summed E-state index contributed by atoms with van der Waals surface area (Å²) in [7, 11) is 0. The van der Waals surface area contributed by atoms with Crippen LogP contribution in [0.25, 0.3) is 0 Å². The molecule has 2 rings (SSSR count). The van der Waals surface area contributed by atoms with E-state index in [0.717, 1.165) is 0 Å². The van der Waals surface area contributed by atoms with Gasteiger partial charge in [0, 0.05) is 0 Å². The minimum absolute atomic E-state index is 1.32. The maximum atomic E-state index is 2.21. The van der Waals surface area contributed by atoms with E-state index in [1.54, 1.807) is 0 Å². The van der Waals surface area contributed by atoms with Crippen molar-refractivity contribution in [1.29, 1.82) is 0 Å². The van der Waals surface area contributed by atoms with Gasteiger partial charge >= 0.3 is 0 Å². The smallest absolute Gasteiger partial charge is 0.0392 e. The highest BCUT2D eigenvalue weighted by atomic mass is 14.1. The summed E-state index contributed by atoms with van der Waals surface area (Å²) < 4.78 is 0. The van der Waals surface area contributed by atoms with Crippen molar-refractivity contribution in [2.24, 2.45) is 0 Å². The van der Waals surface area contributed by atoms with Gasteiger partial charge in [-0.2, -0.15) is 0 Å². The van der Waals surface area contributed by atoms with E-state index in [1.165, 1.54) is 38.9 Å². The van der Waals surface area contributed by atoms with Crippen molar-refractivity contribution in [3.8, 4) is 0 Å². The van der Waals surface area contributed by atoms with Crippen LogP contribution in [0.2, 0.25) is 0 Å². The van der Waals surface area contributed by atoms with Crippen LogP contribution >= 0.6 is 0 Å². The van der Waals surface area contributed by atoms with Gasteiger partial charge in [0.2, 0.25) is 0 Å². The van der Waals surface area contributed by atoms with Crippen molar-refractivity contribution in [2.75, 3.05) is 0 Å². The fourth-order valence-corrected chi connectivity index (χ4v) is 2.22. The molecule has 0 radical (unpaired) electrons. The second kappa shape index (κ2) is 9.39. The largest absolute Gasteiger partial charge is 0.0683 e. The maximum absolute atomic E-state index is 2.21. The van der Waals surface area contributed by atoms with E-state index in [1.807, 2.05) is 32.0 Å². The summed E-state index contributed by atoms with van der Waals surface area (Å²) in [6.45, 7) is 19.4. The third kappa shape index (κ3) is 5.38. The number of benzene rings is 2. The van der Waals surface area contributed by atoms with Gasteiger partial charge in [0.05, 0.1) is 0 Å². The molecule has 0 aliphatic rings. The minimum Gasteiger partial charge on any atom is -0.0683 e. The molecule has 0 atom stereocenters. The Kier molecular flexibility index (Phi) is 8.69. The average molecular weight is 284 g/mol. The molecule has 0 N–H and O–H groups in total. The lowest BCUT2D eigenvalue weighted by Crippen LogP contribution is -1.98. The molecule has 0 aliphatic carbocycles. The first-order chi connectivity index (χ1) is 9.86. The monoisotopic (exact) mass is 284 g/mol. The predicted octanol–water partition coefficient (Wildman–Crippen LogP) is 6.56. The predicted molar refractivity (Wildman–Crippen MR) is 97.4 cm³/mol. The van der Waals surface area contributed by atoms with Gasteiger partial charge in [-0.1, -0.05) is 49.7 Å². The Hall–Kier alpha value is -1.56. The molecule has 2 aromatic carbocycles. The van der Waals surface area contributed by atoms with Crippen LogP contribution in [0.15, 0.2) is 30.3 Å². The zero-order chi connectivity index (χ0) is 16.6. The molecule has 0 unspecified atom stereocenters. The Balaban J connectivity index is 0.000000377. The van der Waals surface area contributed by atoms with Crippen LogP contribution in [-0.4, -0.2) is 0 Å². The topological polar surface area (TPSA) is 0 Å². The van der Waals surface area contributed by atoms with Crippen LogP contribution in [0.1, 0.15) is 52.8 Å². The van der Waals surface area contributed by atoms with E-state index < -0.39 is 0 Å². The van der Waals surface area contributed by atoms with Crippen LogP contribution in [0, 0.1) is 48.5 Å². The van der Waals surface area contributed by atoms with Crippen LogP contribution in [0.5, 0.6) is 0 Å². The Morgan fingerprint density at radius 2 is 0.667 bits per heavy atom. The van der Waals surface area contributed by atoms with E-state index >= 15 is 0 Å². The van der Waals surface area contributed by atoms with E-state index in [-0.39, 0.29) is 0 Å². The molecule has 0 heteroatoms. The molecular weight excluding hydrogens is 252 g/mol. The molecule has 0 aromatic heterocycles. The molecule has 0 saturated carbocycles. The van der Waals surface area contributed by atoms with Gasteiger partial charge in [0.25, 0.3) is 0 Å². The molecular formula is C21H32. The van der Waals surface area contributed by atoms with E-state index in [4.69, 9.17) is 0 Å². The molecule has 0 heterocycles. The zero-order valence-electron chi connectivity index (χ0n) is 15.4. The van der Waals surface area contributed by atoms with Crippen LogP contribution < -0.4 is 0 Å². The summed E-state index contributed by atoms with van der Waals surface area (Å²) in [5.74, 6) is 0. The number of hydrogen-bond donors (Lipinski definition) is 0. The maximum Gasteiger partial charge on any atom is -0.0392 e. The van der Waals surface area contributed by atoms with Crippen molar-refractivity contribution < 1.29 is 0 Å². The van der Waals surface area contributed by atoms with Crippen molar-refractivity contribution >= 4 is 0 Å². The van der Waals surface area contributed by atoms with Gasteiger partial charge in [-0.05, 0) is 81.8 Å². The van der Waals surface area contributed by atoms with Gasteiger partial charge in [-0.25, -0.2) is 0 Å². The van der Waals surface area contributed by atoms with Gasteiger partial charge in [-0.3, -0.25) is 0 Å². The molecule has 21 heavy (non-hydrogen) atoms. The first-order valence-electron chi connectivity index (χ1n) is 7.91. The molecule has 0 saturated heterocycles. The SMILES string of the molecule is CC.Cc1c(C)c(C)c(C)c(C)c1C.Cc1ccccc1. The summed E-state index contributed by atoms with van der Waals surface area (Å²) in [5, 5.41) is 0. The minimum atomic E-state index is 1.32. The molecule has 0 amide bonds. The lowest BCUT2D eigenvalue weighted by atomic mass is 9.90. The average Bonchev–Trinajstić information content (AvgIpc) is 2.52. The van der Waals surface area contributed by atoms with E-state index in [0.29, 0.717) is 0 Å². The Morgan fingerprint density at radius 1 is 0.429 bits per heavy atom.